The summed E-state index contributed by atoms with van der Waals surface area (Å²) in [4.78, 5) is 3.92. The highest BCUT2D eigenvalue weighted by molar-refractivity contribution is 5.54. The molecule has 7 nitrogen and oxygen atoms in total. The van der Waals surface area contributed by atoms with Crippen LogP contribution in [-0.4, -0.2) is 16.3 Å². The quantitative estimate of drug-likeness (QED) is 0.826. The minimum Gasteiger partial charge on any atom is -0.467 e. The van der Waals surface area contributed by atoms with Gasteiger partial charge in [-0.2, -0.15) is 10.5 Å². The maximum Gasteiger partial charge on any atom is 0.189 e. The molecule has 1 aromatic heterocycles. The number of benzene rings is 1. The fraction of sp³-hybridized carbons (Fsp3) is 0.214. The smallest absolute Gasteiger partial charge is 0.189 e. The molecule has 0 amide bonds. The van der Waals surface area contributed by atoms with Crippen molar-refractivity contribution in [3.8, 4) is 17.9 Å². The first-order valence-electron chi connectivity index (χ1n) is 6.20. The minimum atomic E-state index is 0.111. The van der Waals surface area contributed by atoms with Crippen molar-refractivity contribution in [3.63, 3.8) is 0 Å². The Kier molecular flexibility index (Phi) is 3.19. The van der Waals surface area contributed by atoms with E-state index in [4.69, 9.17) is 25.7 Å². The van der Waals surface area contributed by atoms with Crippen LogP contribution in [-0.2, 0) is 17.9 Å². The topological polar surface area (TPSA) is 110 Å². The molecule has 0 fully saturated rings. The highest BCUT2D eigenvalue weighted by Gasteiger charge is 2.18. The van der Waals surface area contributed by atoms with Crippen molar-refractivity contribution in [2.45, 2.75) is 13.2 Å². The van der Waals surface area contributed by atoms with Crippen LogP contribution in [0.5, 0.6) is 5.75 Å². The predicted molar refractivity (Wildman–Crippen MR) is 71.9 cm³/mol. The average molecular weight is 281 g/mol. The highest BCUT2D eigenvalue weighted by atomic mass is 16.7. The van der Waals surface area contributed by atoms with Gasteiger partial charge in [-0.25, -0.2) is 4.98 Å². The molecule has 1 aliphatic rings. The average Bonchev–Trinajstić information content (AvgIpc) is 2.88. The summed E-state index contributed by atoms with van der Waals surface area (Å²) in [5.41, 5.74) is 8.51. The van der Waals surface area contributed by atoms with Crippen LogP contribution in [0, 0.1) is 22.7 Å². The number of nitrogens with zero attached hydrogens (tertiary/aromatic N) is 4. The molecule has 3 rings (SSSR count). The zero-order chi connectivity index (χ0) is 14.8. The van der Waals surface area contributed by atoms with Gasteiger partial charge in [-0.1, -0.05) is 0 Å². The summed E-state index contributed by atoms with van der Waals surface area (Å²) in [6.45, 7) is 0.971. The van der Waals surface area contributed by atoms with Crippen molar-refractivity contribution in [1.82, 2.24) is 9.55 Å². The number of hydrogen-bond donors (Lipinski definition) is 1. The summed E-state index contributed by atoms with van der Waals surface area (Å²) in [7, 11) is 0. The second-order valence-electron chi connectivity index (χ2n) is 4.57. The Balaban J connectivity index is 2.03. The van der Waals surface area contributed by atoms with Crippen LogP contribution >= 0.6 is 0 Å². The first-order chi connectivity index (χ1) is 10.2. The van der Waals surface area contributed by atoms with E-state index in [2.05, 4.69) is 4.98 Å². The number of anilines is 1. The van der Waals surface area contributed by atoms with Crippen LogP contribution in [0.2, 0.25) is 0 Å². The molecule has 0 unspecified atom stereocenters. The predicted octanol–water partition coefficient (Wildman–Crippen LogP) is 1.12. The second kappa shape index (κ2) is 5.16. The Morgan fingerprint density at radius 2 is 2.19 bits per heavy atom. The van der Waals surface area contributed by atoms with Crippen molar-refractivity contribution in [1.29, 1.82) is 10.5 Å². The van der Waals surface area contributed by atoms with Gasteiger partial charge in [0.25, 0.3) is 0 Å². The molecule has 0 atom stereocenters. The van der Waals surface area contributed by atoms with Gasteiger partial charge in [-0.05, 0) is 12.1 Å². The zero-order valence-electron chi connectivity index (χ0n) is 11.0. The molecule has 0 spiro atoms. The molecule has 1 aliphatic heterocycles. The number of rotatable bonds is 2. The minimum absolute atomic E-state index is 0.111. The number of aromatic nitrogens is 2. The zero-order valence-corrected chi connectivity index (χ0v) is 11.0. The fourth-order valence-electron chi connectivity index (χ4n) is 2.33. The SMILES string of the molecule is N#Cc1ncn(Cc2cc(N)cc3c2OCOC3)c1C#N. The summed E-state index contributed by atoms with van der Waals surface area (Å²) < 4.78 is 12.4. The normalized spacial score (nSPS) is 12.9. The van der Waals surface area contributed by atoms with E-state index in [1.165, 1.54) is 6.33 Å². The number of nitriles is 2. The lowest BCUT2D eigenvalue weighted by molar-refractivity contribution is -0.0170. The summed E-state index contributed by atoms with van der Waals surface area (Å²) in [5, 5.41) is 18.1. The Bertz CT molecular complexity index is 782. The maximum absolute atomic E-state index is 9.15. The molecule has 2 aromatic rings. The van der Waals surface area contributed by atoms with Crippen LogP contribution < -0.4 is 10.5 Å². The Morgan fingerprint density at radius 1 is 1.33 bits per heavy atom. The molecule has 0 radical (unpaired) electrons. The number of hydrogen-bond acceptors (Lipinski definition) is 6. The molecule has 0 saturated heterocycles. The molecule has 0 saturated carbocycles. The Hall–Kier alpha value is -3.03. The van der Waals surface area contributed by atoms with E-state index in [9.17, 15) is 0 Å². The summed E-state index contributed by atoms with van der Waals surface area (Å²) >= 11 is 0. The van der Waals surface area contributed by atoms with Crippen molar-refractivity contribution < 1.29 is 9.47 Å². The standard InChI is InChI=1S/C14H11N5O2/c15-3-12-13(4-16)19(7-18-12)5-9-1-11(17)2-10-6-20-8-21-14(9)10/h1-2,7H,5-6,8,17H2. The molecule has 0 bridgehead atoms. The van der Waals surface area contributed by atoms with Crippen LogP contribution in [0.3, 0.4) is 0 Å². The third-order valence-electron chi connectivity index (χ3n) is 3.20. The van der Waals surface area contributed by atoms with Crippen molar-refractivity contribution in [2.75, 3.05) is 12.5 Å². The third kappa shape index (κ3) is 2.27. The molecule has 21 heavy (non-hydrogen) atoms. The molecular formula is C14H11N5O2. The molecule has 0 aliphatic carbocycles. The number of fused-ring (bicyclic) bond motifs is 1. The molecular weight excluding hydrogens is 270 g/mol. The van der Waals surface area contributed by atoms with Gasteiger partial charge in [0, 0.05) is 16.8 Å². The van der Waals surface area contributed by atoms with Gasteiger partial charge in [0.2, 0.25) is 0 Å². The molecule has 1 aromatic carbocycles. The Morgan fingerprint density at radius 3 is 2.95 bits per heavy atom. The molecule has 7 heteroatoms. The van der Waals surface area contributed by atoms with Crippen molar-refractivity contribution in [2.24, 2.45) is 0 Å². The number of imidazole rings is 1. The van der Waals surface area contributed by atoms with E-state index in [0.29, 0.717) is 24.6 Å². The van der Waals surface area contributed by atoms with E-state index < -0.39 is 0 Å². The second-order valence-corrected chi connectivity index (χ2v) is 4.57. The summed E-state index contributed by atoms with van der Waals surface area (Å²) in [6, 6.07) is 7.48. The van der Waals surface area contributed by atoms with E-state index in [-0.39, 0.29) is 18.2 Å². The van der Waals surface area contributed by atoms with Crippen molar-refractivity contribution in [3.05, 3.63) is 41.0 Å². The first kappa shape index (κ1) is 13.0. The van der Waals surface area contributed by atoms with Crippen LogP contribution in [0.1, 0.15) is 22.5 Å². The van der Waals surface area contributed by atoms with Crippen LogP contribution in [0.15, 0.2) is 18.5 Å². The van der Waals surface area contributed by atoms with Crippen LogP contribution in [0.25, 0.3) is 0 Å². The van der Waals surface area contributed by atoms with E-state index in [1.54, 1.807) is 16.7 Å². The van der Waals surface area contributed by atoms with Gasteiger partial charge in [0.1, 0.15) is 17.9 Å². The van der Waals surface area contributed by atoms with Crippen molar-refractivity contribution >= 4 is 5.69 Å². The molecule has 2 heterocycles. The molecule has 2 N–H and O–H groups in total. The highest BCUT2D eigenvalue weighted by Crippen LogP contribution is 2.31. The van der Waals surface area contributed by atoms with Gasteiger partial charge in [0.05, 0.1) is 19.5 Å². The number of nitrogen functional groups attached to an aromatic ring is 1. The van der Waals surface area contributed by atoms with Gasteiger partial charge in [-0.15, -0.1) is 0 Å². The third-order valence-corrected chi connectivity index (χ3v) is 3.20. The molecule has 104 valence electrons. The fourth-order valence-corrected chi connectivity index (χ4v) is 2.33. The number of nitrogens with two attached hydrogens (primary N) is 1. The van der Waals surface area contributed by atoms with E-state index >= 15 is 0 Å². The lowest BCUT2D eigenvalue weighted by Crippen LogP contribution is -2.15. The van der Waals surface area contributed by atoms with Gasteiger partial charge in [0.15, 0.2) is 18.2 Å². The largest absolute Gasteiger partial charge is 0.467 e. The van der Waals surface area contributed by atoms with Gasteiger partial charge in [-0.3, -0.25) is 0 Å². The monoisotopic (exact) mass is 281 g/mol. The Labute approximate surface area is 120 Å². The first-order valence-corrected chi connectivity index (χ1v) is 6.20. The van der Waals surface area contributed by atoms with Crippen LogP contribution in [0.4, 0.5) is 5.69 Å². The van der Waals surface area contributed by atoms with Gasteiger partial charge < -0.3 is 19.8 Å². The van der Waals surface area contributed by atoms with E-state index in [1.807, 2.05) is 12.1 Å². The summed E-state index contributed by atoms with van der Waals surface area (Å²) in [6.07, 6.45) is 1.46. The van der Waals surface area contributed by atoms with E-state index in [0.717, 1.165) is 11.1 Å². The van der Waals surface area contributed by atoms with Gasteiger partial charge >= 0.3 is 0 Å². The summed E-state index contributed by atoms with van der Waals surface area (Å²) in [5.74, 6) is 0.714. The maximum atomic E-state index is 9.15. The lowest BCUT2D eigenvalue weighted by atomic mass is 10.1. The number of ether oxygens (including phenoxy) is 2. The lowest BCUT2D eigenvalue weighted by Gasteiger charge is -2.21.